The fourth-order valence-corrected chi connectivity index (χ4v) is 0.866. The van der Waals surface area contributed by atoms with Gasteiger partial charge in [0.15, 0.2) is 18.9 Å². The summed E-state index contributed by atoms with van der Waals surface area (Å²) in [7, 11) is 7.36. The molecule has 1 radical (unpaired) electrons. The molecule has 0 N–H and O–H groups in total. The fourth-order valence-electron chi connectivity index (χ4n) is 0.866. The van der Waals surface area contributed by atoms with Gasteiger partial charge in [-0.1, -0.05) is 0 Å². The second kappa shape index (κ2) is 20.7. The molecule has 0 spiro atoms. The molecule has 0 fully saturated rings. The first kappa shape index (κ1) is 31.5. The van der Waals surface area contributed by atoms with E-state index in [0.29, 0.717) is 0 Å². The van der Waals surface area contributed by atoms with E-state index in [1.54, 1.807) is 0 Å². The van der Waals surface area contributed by atoms with E-state index in [1.165, 1.54) is 42.7 Å². The second-order valence-corrected chi connectivity index (χ2v) is 3.37. The Labute approximate surface area is 155 Å². The van der Waals surface area contributed by atoms with E-state index in [4.69, 9.17) is 0 Å². The maximum atomic E-state index is 9.80. The van der Waals surface area contributed by atoms with E-state index < -0.39 is 36.8 Å². The second-order valence-electron chi connectivity index (χ2n) is 3.37. The summed E-state index contributed by atoms with van der Waals surface area (Å²) in [5.74, 6) is -4.10. The molecule has 0 saturated heterocycles. The Morgan fingerprint density at radius 3 is 0.640 bits per heavy atom. The predicted octanol–water partition coefficient (Wildman–Crippen LogP) is -4.94. The van der Waals surface area contributed by atoms with Gasteiger partial charge in [-0.25, -0.2) is 0 Å². The Morgan fingerprint density at radius 1 is 0.520 bits per heavy atom. The van der Waals surface area contributed by atoms with Crippen LogP contribution in [0.15, 0.2) is 0 Å². The van der Waals surface area contributed by atoms with Gasteiger partial charge in [-0.3, -0.25) is 0 Å². The van der Waals surface area contributed by atoms with Crippen molar-refractivity contribution in [2.45, 2.75) is 18.9 Å². The largest absolute Gasteiger partial charge is 3.00 e. The number of aliphatic carboxylic acids is 3. The van der Waals surface area contributed by atoms with Crippen molar-refractivity contribution in [3.8, 4) is 0 Å². The minimum Gasteiger partial charge on any atom is -0.545 e. The van der Waals surface area contributed by atoms with Crippen molar-refractivity contribution in [1.82, 2.24) is 0 Å². The predicted molar refractivity (Wildman–Crippen MR) is 68.4 cm³/mol. The van der Waals surface area contributed by atoms with Gasteiger partial charge in [-0.15, -0.1) is 0 Å². The first-order valence-corrected chi connectivity index (χ1v) is 5.95. The molecule has 0 unspecified atom stereocenters. The van der Waals surface area contributed by atoms with Gasteiger partial charge >= 0.3 is 17.1 Å². The molecule has 0 aliphatic heterocycles. The van der Waals surface area contributed by atoms with E-state index >= 15 is 0 Å². The minimum atomic E-state index is -1.37. The molecule has 0 heterocycles. The van der Waals surface area contributed by atoms with Gasteiger partial charge in [-0.2, -0.15) is 0 Å². The van der Waals surface area contributed by atoms with Gasteiger partial charge in [0.2, 0.25) is 0 Å². The van der Waals surface area contributed by atoms with E-state index in [9.17, 15) is 29.7 Å². The van der Waals surface area contributed by atoms with Crippen LogP contribution in [-0.4, -0.2) is 79.4 Å². The van der Waals surface area contributed by atoms with Crippen LogP contribution >= 0.6 is 0 Å². The average Bonchev–Trinajstić information content (AvgIpc) is 2.51. The first-order valence-electron chi connectivity index (χ1n) is 5.95. The molecule has 0 bridgehead atoms. The van der Waals surface area contributed by atoms with E-state index in [2.05, 4.69) is 28.4 Å². The van der Waals surface area contributed by atoms with Crippen molar-refractivity contribution in [2.75, 3.05) is 42.7 Å². The van der Waals surface area contributed by atoms with Crippen LogP contribution in [0, 0.1) is 0 Å². The number of methoxy groups -OCH3 is 6. The summed E-state index contributed by atoms with van der Waals surface area (Å²) in [6.07, 6.45) is -3.72. The number of carboxylic acid groups (broad SMARTS) is 3. The van der Waals surface area contributed by atoms with Gasteiger partial charge in [0.25, 0.3) is 0 Å². The third-order valence-corrected chi connectivity index (χ3v) is 1.86. The number of carbonyl (C=O) groups is 3. The molecule has 0 aromatic carbocycles. The van der Waals surface area contributed by atoms with Crippen molar-refractivity contribution >= 4 is 17.9 Å². The van der Waals surface area contributed by atoms with E-state index in [1.807, 2.05) is 0 Å². The summed E-state index contributed by atoms with van der Waals surface area (Å²) in [5.41, 5.74) is 0. The van der Waals surface area contributed by atoms with Crippen molar-refractivity contribution in [3.63, 3.8) is 0 Å². The van der Waals surface area contributed by atoms with Crippen molar-refractivity contribution in [1.29, 1.82) is 0 Å². The van der Waals surface area contributed by atoms with Crippen LogP contribution in [0.3, 0.4) is 0 Å². The summed E-state index contributed by atoms with van der Waals surface area (Å²) in [6, 6.07) is 0. The van der Waals surface area contributed by atoms with Crippen LogP contribution in [0.2, 0.25) is 0 Å². The number of hydrogen-bond donors (Lipinski definition) is 0. The zero-order chi connectivity index (χ0) is 19.7. The number of rotatable bonds is 9. The molecular formula is C12H21FeO12. The van der Waals surface area contributed by atoms with Gasteiger partial charge in [-0.05, 0) is 0 Å². The van der Waals surface area contributed by atoms with Gasteiger partial charge in [0, 0.05) is 42.7 Å². The zero-order valence-electron chi connectivity index (χ0n) is 14.5. The Balaban J connectivity index is -0.000000130. The summed E-state index contributed by atoms with van der Waals surface area (Å²) >= 11 is 0. The van der Waals surface area contributed by atoms with Gasteiger partial charge < -0.3 is 58.1 Å². The van der Waals surface area contributed by atoms with Crippen LogP contribution in [0.25, 0.3) is 0 Å². The minimum absolute atomic E-state index is 0. The maximum absolute atomic E-state index is 9.80. The van der Waals surface area contributed by atoms with Crippen LogP contribution < -0.4 is 15.3 Å². The van der Waals surface area contributed by atoms with Crippen molar-refractivity contribution in [2.24, 2.45) is 0 Å². The molecule has 25 heavy (non-hydrogen) atoms. The topological polar surface area (TPSA) is 176 Å². The quantitative estimate of drug-likeness (QED) is 0.260. The van der Waals surface area contributed by atoms with Crippen LogP contribution in [-0.2, 0) is 59.9 Å². The number of carboxylic acids is 3. The molecule has 0 rings (SSSR count). The third kappa shape index (κ3) is 18.9. The molecule has 0 saturated carbocycles. The molecule has 0 aromatic rings. The summed E-state index contributed by atoms with van der Waals surface area (Å²) in [4.78, 5) is 29.4. The molecule has 0 aliphatic carbocycles. The fraction of sp³-hybridized carbons (Fsp3) is 0.750. The smallest absolute Gasteiger partial charge is 0.545 e. The van der Waals surface area contributed by atoms with Crippen LogP contribution in [0.5, 0.6) is 0 Å². The summed E-state index contributed by atoms with van der Waals surface area (Å²) in [5, 5.41) is 29.4. The number of carbonyl (C=O) groups excluding carboxylic acids is 3. The van der Waals surface area contributed by atoms with Gasteiger partial charge in [0.1, 0.15) is 0 Å². The van der Waals surface area contributed by atoms with Crippen LogP contribution in [0.1, 0.15) is 0 Å². The Bertz CT molecular complexity index is 287. The van der Waals surface area contributed by atoms with Crippen molar-refractivity contribution in [3.05, 3.63) is 0 Å². The number of hydrogen-bond acceptors (Lipinski definition) is 12. The van der Waals surface area contributed by atoms with Crippen LogP contribution in [0.4, 0.5) is 0 Å². The standard InChI is InChI=1S/3C4H8O4.Fe/c3*1-7-4(8-2)3(5)6;/h3*4H,1-2H3,(H,5,6);/q;;;+3/p-3. The molecular weight excluding hydrogens is 392 g/mol. The average molecular weight is 413 g/mol. The van der Waals surface area contributed by atoms with Gasteiger partial charge in [0.05, 0.1) is 17.9 Å². The number of ether oxygens (including phenoxy) is 6. The molecule has 12 nitrogen and oxygen atoms in total. The molecule has 0 aromatic heterocycles. The SMILES string of the molecule is COC(OC)C(=O)[O-].COC(OC)C(=O)[O-].COC(OC)C(=O)[O-].[Fe+3]. The Hall–Kier alpha value is -1.31. The Morgan fingerprint density at radius 2 is 0.640 bits per heavy atom. The van der Waals surface area contributed by atoms with E-state index in [0.717, 1.165) is 0 Å². The monoisotopic (exact) mass is 413 g/mol. The zero-order valence-corrected chi connectivity index (χ0v) is 15.6. The molecule has 13 heteroatoms. The summed E-state index contributed by atoms with van der Waals surface area (Å²) in [6.45, 7) is 0. The third-order valence-electron chi connectivity index (χ3n) is 1.86. The molecule has 0 aliphatic rings. The summed E-state index contributed by atoms with van der Waals surface area (Å²) < 4.78 is 25.7. The molecule has 0 amide bonds. The van der Waals surface area contributed by atoms with Crippen molar-refractivity contribution < 1.29 is 75.2 Å². The Kier molecular flexibility index (Phi) is 26.1. The maximum Gasteiger partial charge on any atom is 3.00 e. The first-order chi connectivity index (χ1) is 11.2. The normalized spacial score (nSPS) is 9.48. The van der Waals surface area contributed by atoms with E-state index in [-0.39, 0.29) is 17.1 Å². The molecule has 0 atom stereocenters. The molecule has 149 valence electrons.